The van der Waals surface area contributed by atoms with Crippen molar-refractivity contribution in [2.24, 2.45) is 0 Å². The summed E-state index contributed by atoms with van der Waals surface area (Å²) in [5.41, 5.74) is -0.311. The first-order chi connectivity index (χ1) is 14.8. The average Bonchev–Trinajstić information content (AvgIpc) is 3.35. The predicted molar refractivity (Wildman–Crippen MR) is 117 cm³/mol. The minimum Gasteiger partial charge on any atom is -0.365 e. The fourth-order valence-corrected chi connectivity index (χ4v) is 4.25. The van der Waals surface area contributed by atoms with Crippen LogP contribution in [0.5, 0.6) is 0 Å². The summed E-state index contributed by atoms with van der Waals surface area (Å²) < 4.78 is 0. The van der Waals surface area contributed by atoms with Crippen molar-refractivity contribution in [2.75, 3.05) is 26.0 Å². The van der Waals surface area contributed by atoms with Gasteiger partial charge < -0.3 is 20.5 Å². The molecule has 0 radical (unpaired) electrons. The first kappa shape index (κ1) is 22.4. The zero-order valence-corrected chi connectivity index (χ0v) is 18.7. The van der Waals surface area contributed by atoms with Crippen LogP contribution in [0.4, 0.5) is 5.69 Å². The van der Waals surface area contributed by atoms with E-state index in [1.807, 2.05) is 24.4 Å². The second-order valence-electron chi connectivity index (χ2n) is 7.28. The summed E-state index contributed by atoms with van der Waals surface area (Å²) in [6, 6.07) is 3.89. The van der Waals surface area contributed by atoms with Gasteiger partial charge in [-0.1, -0.05) is 13.0 Å². The molecule has 164 valence electrons. The molecule has 0 aliphatic carbocycles. The lowest BCUT2D eigenvalue weighted by atomic mass is 10.1. The maximum Gasteiger partial charge on any atom is 0.317 e. The molecule has 0 unspecified atom stereocenters. The number of quaternary nitrogens is 1. The van der Waals surface area contributed by atoms with Gasteiger partial charge in [-0.3, -0.25) is 24.1 Å². The van der Waals surface area contributed by atoms with Crippen molar-refractivity contribution in [1.82, 2.24) is 14.8 Å². The number of imide groups is 1. The van der Waals surface area contributed by atoms with Gasteiger partial charge in [-0.25, -0.2) is 0 Å². The number of hydrogen-bond donors (Lipinski definition) is 3. The SMILES string of the molecule is CC[C@@H]([NH2+]C1=C(Nc2c[nH]cc(C(=O)N(C)C)c2=O)C(=O)N(CC)C1=O)c1cccs1. The Morgan fingerprint density at radius 2 is 1.97 bits per heavy atom. The molecule has 2 aromatic rings. The zero-order valence-electron chi connectivity index (χ0n) is 17.9. The number of amides is 3. The number of thiophene rings is 1. The Morgan fingerprint density at radius 3 is 2.55 bits per heavy atom. The lowest BCUT2D eigenvalue weighted by Gasteiger charge is -2.13. The Morgan fingerprint density at radius 1 is 1.23 bits per heavy atom. The van der Waals surface area contributed by atoms with Gasteiger partial charge in [-0.15, -0.1) is 11.3 Å². The van der Waals surface area contributed by atoms with E-state index in [0.29, 0.717) is 0 Å². The third kappa shape index (κ3) is 4.30. The maximum absolute atomic E-state index is 13.0. The van der Waals surface area contributed by atoms with E-state index in [1.54, 1.807) is 37.7 Å². The number of aromatic amines is 1. The smallest absolute Gasteiger partial charge is 0.317 e. The number of aromatic nitrogens is 1. The van der Waals surface area contributed by atoms with E-state index in [0.717, 1.165) is 16.2 Å². The summed E-state index contributed by atoms with van der Waals surface area (Å²) in [4.78, 5) is 57.3. The van der Waals surface area contributed by atoms with Crippen molar-refractivity contribution in [3.8, 4) is 0 Å². The number of rotatable bonds is 8. The van der Waals surface area contributed by atoms with E-state index in [9.17, 15) is 19.2 Å². The van der Waals surface area contributed by atoms with Crippen LogP contribution in [0, 0.1) is 0 Å². The van der Waals surface area contributed by atoms with Gasteiger partial charge in [0.15, 0.2) is 5.70 Å². The van der Waals surface area contributed by atoms with Crippen LogP contribution in [0.1, 0.15) is 41.5 Å². The van der Waals surface area contributed by atoms with Crippen LogP contribution in [-0.4, -0.2) is 53.1 Å². The highest BCUT2D eigenvalue weighted by atomic mass is 32.1. The van der Waals surface area contributed by atoms with Crippen molar-refractivity contribution in [3.05, 3.63) is 62.0 Å². The van der Waals surface area contributed by atoms with Gasteiger partial charge in [0.2, 0.25) is 11.1 Å². The highest BCUT2D eigenvalue weighted by Crippen LogP contribution is 2.22. The number of nitrogens with two attached hydrogens (primary N) is 1. The Balaban J connectivity index is 2.02. The Hall–Kier alpha value is -3.24. The summed E-state index contributed by atoms with van der Waals surface area (Å²) in [6.07, 6.45) is 3.45. The Kier molecular flexibility index (Phi) is 6.71. The van der Waals surface area contributed by atoms with Gasteiger partial charge in [0.1, 0.15) is 17.3 Å². The summed E-state index contributed by atoms with van der Waals surface area (Å²) in [7, 11) is 3.09. The third-order valence-corrected chi connectivity index (χ3v) is 6.08. The van der Waals surface area contributed by atoms with Crippen LogP contribution in [-0.2, 0) is 9.59 Å². The summed E-state index contributed by atoms with van der Waals surface area (Å²) in [6.45, 7) is 3.94. The van der Waals surface area contributed by atoms with Crippen LogP contribution >= 0.6 is 11.3 Å². The number of hydrogen-bond acceptors (Lipinski definition) is 6. The van der Waals surface area contributed by atoms with E-state index in [2.05, 4.69) is 10.3 Å². The molecule has 0 bridgehead atoms. The van der Waals surface area contributed by atoms with Crippen molar-refractivity contribution in [3.63, 3.8) is 0 Å². The minimum atomic E-state index is -0.551. The normalized spacial score (nSPS) is 14.9. The molecule has 1 aliphatic rings. The summed E-state index contributed by atoms with van der Waals surface area (Å²) in [5, 5.41) is 6.59. The van der Waals surface area contributed by atoms with Gasteiger partial charge in [0, 0.05) is 39.5 Å². The standard InChI is InChI=1S/C21H25N5O4S/c1-5-13(15-8-7-9-31-15)23-16-17(21(30)26(6-2)20(16)29)24-14-11-22-10-12(18(14)27)19(28)25(3)4/h7-11,13,23-24H,5-6H2,1-4H3,(H,22,27)/p+1/t13-/m1/s1. The third-order valence-electron chi connectivity index (χ3n) is 5.08. The van der Waals surface area contributed by atoms with E-state index < -0.39 is 23.2 Å². The van der Waals surface area contributed by atoms with Crippen LogP contribution in [0.25, 0.3) is 0 Å². The molecule has 0 aromatic carbocycles. The van der Waals surface area contributed by atoms with Gasteiger partial charge in [-0.05, 0) is 18.4 Å². The van der Waals surface area contributed by atoms with E-state index in [-0.39, 0.29) is 35.2 Å². The molecular formula is C21H26N5O4S+. The molecule has 3 amide bonds. The number of carbonyl (C=O) groups excluding carboxylic acids is 3. The Labute approximate surface area is 183 Å². The Bertz CT molecular complexity index is 1090. The van der Waals surface area contributed by atoms with Gasteiger partial charge >= 0.3 is 5.91 Å². The lowest BCUT2D eigenvalue weighted by molar-refractivity contribution is -0.645. The molecule has 9 nitrogen and oxygen atoms in total. The highest BCUT2D eigenvalue weighted by Gasteiger charge is 2.42. The number of nitrogens with one attached hydrogen (secondary N) is 2. The van der Waals surface area contributed by atoms with Gasteiger partial charge in [0.25, 0.3) is 11.8 Å². The van der Waals surface area contributed by atoms with E-state index in [1.165, 1.54) is 17.3 Å². The number of H-pyrrole nitrogens is 1. The molecule has 0 fully saturated rings. The molecule has 3 heterocycles. The number of anilines is 1. The van der Waals surface area contributed by atoms with Crippen LogP contribution in [0.3, 0.4) is 0 Å². The molecule has 4 N–H and O–H groups in total. The van der Waals surface area contributed by atoms with E-state index in [4.69, 9.17) is 0 Å². The molecule has 3 rings (SSSR count). The second kappa shape index (κ2) is 9.27. The van der Waals surface area contributed by atoms with Gasteiger partial charge in [0.05, 0.1) is 4.88 Å². The molecule has 0 saturated carbocycles. The topological polar surface area (TPSA) is 119 Å². The number of carbonyl (C=O) groups is 3. The van der Waals surface area contributed by atoms with Crippen LogP contribution < -0.4 is 16.1 Å². The molecule has 0 saturated heterocycles. The first-order valence-corrected chi connectivity index (χ1v) is 10.9. The number of pyridine rings is 1. The molecule has 10 heteroatoms. The second-order valence-corrected chi connectivity index (χ2v) is 8.26. The van der Waals surface area contributed by atoms with Crippen LogP contribution in [0.2, 0.25) is 0 Å². The van der Waals surface area contributed by atoms with Crippen molar-refractivity contribution < 1.29 is 19.7 Å². The first-order valence-electron chi connectivity index (χ1n) is 9.98. The highest BCUT2D eigenvalue weighted by molar-refractivity contribution is 7.10. The quantitative estimate of drug-likeness (QED) is 0.522. The summed E-state index contributed by atoms with van der Waals surface area (Å²) >= 11 is 1.58. The fourth-order valence-electron chi connectivity index (χ4n) is 3.37. The lowest BCUT2D eigenvalue weighted by Crippen LogP contribution is -2.84. The molecule has 1 atom stereocenters. The zero-order chi connectivity index (χ0) is 22.7. The van der Waals surface area contributed by atoms with Crippen molar-refractivity contribution in [1.29, 1.82) is 0 Å². The monoisotopic (exact) mass is 444 g/mol. The van der Waals surface area contributed by atoms with Crippen molar-refractivity contribution >= 4 is 34.7 Å². The summed E-state index contributed by atoms with van der Waals surface area (Å²) in [5.74, 6) is -1.36. The predicted octanol–water partition coefficient (Wildman–Crippen LogP) is 0.865. The molecule has 1 aliphatic heterocycles. The minimum absolute atomic E-state index is 0.0249. The average molecular weight is 445 g/mol. The number of nitrogens with zero attached hydrogens (tertiary/aromatic N) is 2. The molecule has 0 spiro atoms. The maximum atomic E-state index is 13.0. The molecular weight excluding hydrogens is 418 g/mol. The molecule has 2 aromatic heterocycles. The van der Waals surface area contributed by atoms with Crippen molar-refractivity contribution in [2.45, 2.75) is 26.3 Å². The largest absolute Gasteiger partial charge is 0.365 e. The van der Waals surface area contributed by atoms with Crippen LogP contribution in [0.15, 0.2) is 46.1 Å². The fraction of sp³-hybridized carbons (Fsp3) is 0.333. The molecule has 31 heavy (non-hydrogen) atoms. The number of likely N-dealkylation sites (N-methyl/N-ethyl adjacent to an activating group) is 1. The van der Waals surface area contributed by atoms with Gasteiger partial charge in [-0.2, -0.15) is 0 Å². The van der Waals surface area contributed by atoms with E-state index >= 15 is 0 Å².